The number of carbonyl (C=O) groups excluding carboxylic acids is 5. The van der Waals surface area contributed by atoms with Crippen LogP contribution in [0.3, 0.4) is 0 Å². The van der Waals surface area contributed by atoms with E-state index in [-0.39, 0.29) is 53.1 Å². The molecule has 3 aromatic rings. The van der Waals surface area contributed by atoms with E-state index < -0.39 is 80.4 Å². The zero-order chi connectivity index (χ0) is 50.1. The van der Waals surface area contributed by atoms with Gasteiger partial charge in [0.25, 0.3) is 10.0 Å². The minimum atomic E-state index is -4.06. The van der Waals surface area contributed by atoms with Crippen molar-refractivity contribution in [1.82, 2.24) is 31.0 Å². The number of rotatable bonds is 23. The molecule has 67 heavy (non-hydrogen) atoms. The number of ether oxygens (including phenoxy) is 2. The third-order valence-electron chi connectivity index (χ3n) is 9.88. The van der Waals surface area contributed by atoms with E-state index in [0.717, 1.165) is 34.3 Å². The summed E-state index contributed by atoms with van der Waals surface area (Å²) in [5, 5.41) is 22.3. The van der Waals surface area contributed by atoms with Gasteiger partial charge in [-0.2, -0.15) is 0 Å². The highest BCUT2D eigenvalue weighted by Gasteiger charge is 2.34. The van der Waals surface area contributed by atoms with Gasteiger partial charge >= 0.3 is 17.7 Å². The Kier molecular flexibility index (Phi) is 21.4. The van der Waals surface area contributed by atoms with Crippen LogP contribution in [-0.2, 0) is 45.1 Å². The van der Waals surface area contributed by atoms with Crippen molar-refractivity contribution in [3.05, 3.63) is 93.2 Å². The van der Waals surface area contributed by atoms with Crippen LogP contribution in [-0.4, -0.2) is 103 Å². The van der Waals surface area contributed by atoms with Crippen molar-refractivity contribution in [2.24, 2.45) is 16.6 Å². The van der Waals surface area contributed by atoms with Crippen LogP contribution >= 0.6 is 21.6 Å². The third-order valence-corrected chi connectivity index (χ3v) is 13.8. The summed E-state index contributed by atoms with van der Waals surface area (Å²) in [6, 6.07) is 9.90. The number of esters is 1. The standard InChI is InChI=1S/C44H61N9O11S3/c1-10-27(3)35(39(56)48-31(41(57)63-9)18-14-21-47-42(45)52-67(61,62)36-28(4)22-26(2)23-29(36)5)51-37(54)32(24-30-16-12-11-13-17-30)49-38(55)33(50-43(58)64-44(6,7)8)25-65-66-40-34(53(59)60)19-15-20-46-40/h11-13,15-17,19-20,22-23,27,31-33,35H,10,14,18,21,24-25H2,1-9H3,(H,48,56)(H,49,55)(H,50,58)(H,51,54)(H3,45,47,52)/t27-,31-,32-,33-,35-/m0/s1. The van der Waals surface area contributed by atoms with E-state index in [1.165, 1.54) is 18.3 Å². The van der Waals surface area contributed by atoms with Gasteiger partial charge in [-0.15, -0.1) is 0 Å². The van der Waals surface area contributed by atoms with Gasteiger partial charge in [0.2, 0.25) is 23.7 Å². The molecule has 23 heteroatoms. The Labute approximate surface area is 399 Å². The highest BCUT2D eigenvalue weighted by atomic mass is 33.1. The summed E-state index contributed by atoms with van der Waals surface area (Å²) in [7, 11) is -0.983. The van der Waals surface area contributed by atoms with Gasteiger partial charge in [0.05, 0.1) is 16.9 Å². The molecule has 1 heterocycles. The van der Waals surface area contributed by atoms with Crippen molar-refractivity contribution in [2.45, 2.75) is 121 Å². The van der Waals surface area contributed by atoms with Gasteiger partial charge < -0.3 is 36.5 Å². The Bertz CT molecular complexity index is 2340. The van der Waals surface area contributed by atoms with Gasteiger partial charge in [-0.25, -0.2) is 27.7 Å². The van der Waals surface area contributed by atoms with Crippen LogP contribution in [0.25, 0.3) is 0 Å². The number of pyridine rings is 1. The Balaban J connectivity index is 1.81. The third kappa shape index (κ3) is 18.0. The molecule has 366 valence electrons. The second kappa shape index (κ2) is 25.8. The number of alkyl carbamates (subject to hydrolysis) is 1. The first kappa shape index (κ1) is 55.4. The van der Waals surface area contributed by atoms with Crippen LogP contribution in [0.1, 0.15) is 76.1 Å². The summed E-state index contributed by atoms with van der Waals surface area (Å²) in [5.74, 6) is -4.04. The number of nitro groups is 1. The SMILES string of the molecule is CC[C@H](C)[C@H](NC(=O)[C@H](Cc1ccccc1)NC(=O)[C@H](CSSc1ncccc1[N+](=O)[O-])NC(=O)OC(C)(C)C)C(=O)N[C@@H](CCCN=C(N)NS(=O)(=O)c1c(C)cc(C)cc1C)C(=O)OC. The molecule has 0 radical (unpaired) electrons. The molecule has 0 spiro atoms. The zero-order valence-electron chi connectivity index (χ0n) is 39.0. The molecule has 20 nitrogen and oxygen atoms in total. The predicted octanol–water partition coefficient (Wildman–Crippen LogP) is 4.54. The minimum absolute atomic E-state index is 0.00198. The molecule has 7 N–H and O–H groups in total. The fourth-order valence-corrected chi connectivity index (χ4v) is 10.2. The van der Waals surface area contributed by atoms with Crippen molar-refractivity contribution in [3.63, 3.8) is 0 Å². The molecular formula is C44H61N9O11S3. The molecule has 0 aliphatic carbocycles. The lowest BCUT2D eigenvalue weighted by Crippen LogP contribution is -2.60. The lowest BCUT2D eigenvalue weighted by Gasteiger charge is -2.29. The van der Waals surface area contributed by atoms with E-state index >= 15 is 0 Å². The average Bonchev–Trinajstić information content (AvgIpc) is 3.24. The van der Waals surface area contributed by atoms with Crippen molar-refractivity contribution < 1.29 is 46.8 Å². The summed E-state index contributed by atoms with van der Waals surface area (Å²) in [5.41, 5.74) is 7.40. The van der Waals surface area contributed by atoms with E-state index in [4.69, 9.17) is 15.2 Å². The molecule has 4 amide bonds. The Morgan fingerprint density at radius 2 is 1.54 bits per heavy atom. The van der Waals surface area contributed by atoms with Gasteiger partial charge in [-0.05, 0) is 93.9 Å². The molecule has 0 aliphatic heterocycles. The second-order valence-corrected chi connectivity index (χ2v) is 20.5. The number of guanidine groups is 1. The first-order chi connectivity index (χ1) is 31.5. The molecule has 0 aliphatic rings. The van der Waals surface area contributed by atoms with E-state index in [1.54, 1.807) is 90.9 Å². The fourth-order valence-electron chi connectivity index (χ4n) is 6.62. The number of hydrogen-bond acceptors (Lipinski definition) is 15. The number of methoxy groups -OCH3 is 1. The first-order valence-electron chi connectivity index (χ1n) is 21.3. The maximum atomic E-state index is 14.3. The summed E-state index contributed by atoms with van der Waals surface area (Å²) in [4.78, 5) is 87.5. The van der Waals surface area contributed by atoms with Crippen LogP contribution in [0.4, 0.5) is 10.5 Å². The van der Waals surface area contributed by atoms with E-state index in [2.05, 4.69) is 36.0 Å². The molecule has 0 saturated carbocycles. The number of nitrogens with two attached hydrogens (primary N) is 1. The second-order valence-electron chi connectivity index (χ2n) is 16.6. The topological polar surface area (TPSA) is 293 Å². The summed E-state index contributed by atoms with van der Waals surface area (Å²) >= 11 is 0. The maximum absolute atomic E-state index is 14.3. The lowest BCUT2D eigenvalue weighted by atomic mass is 9.96. The molecule has 0 fully saturated rings. The fraction of sp³-hybridized carbons (Fsp3) is 0.477. The molecule has 0 bridgehead atoms. The minimum Gasteiger partial charge on any atom is -0.467 e. The van der Waals surface area contributed by atoms with E-state index in [1.807, 2.05) is 6.92 Å². The Morgan fingerprint density at radius 1 is 0.910 bits per heavy atom. The summed E-state index contributed by atoms with van der Waals surface area (Å²) in [6.07, 6.45) is 0.986. The lowest BCUT2D eigenvalue weighted by molar-refractivity contribution is -0.388. The largest absolute Gasteiger partial charge is 0.467 e. The molecule has 3 rings (SSSR count). The number of sulfonamides is 1. The number of hydrogen-bond donors (Lipinski definition) is 6. The van der Waals surface area contributed by atoms with Crippen LogP contribution in [0, 0.1) is 36.8 Å². The molecule has 1 aromatic heterocycles. The number of aryl methyl sites for hydroxylation is 3. The molecule has 0 saturated heterocycles. The van der Waals surface area contributed by atoms with Gasteiger partial charge in [0.15, 0.2) is 5.03 Å². The van der Waals surface area contributed by atoms with Crippen LogP contribution in [0.15, 0.2) is 75.7 Å². The molecule has 0 unspecified atom stereocenters. The van der Waals surface area contributed by atoms with Crippen LogP contribution < -0.4 is 31.7 Å². The van der Waals surface area contributed by atoms with Crippen molar-refractivity contribution >= 4 is 73.0 Å². The number of benzene rings is 2. The molecule has 2 aromatic carbocycles. The Hall–Kier alpha value is -5.94. The predicted molar refractivity (Wildman–Crippen MR) is 256 cm³/mol. The highest BCUT2D eigenvalue weighted by Crippen LogP contribution is 2.35. The summed E-state index contributed by atoms with van der Waals surface area (Å²) in [6.45, 7) is 13.6. The van der Waals surface area contributed by atoms with Crippen molar-refractivity contribution in [3.8, 4) is 0 Å². The van der Waals surface area contributed by atoms with E-state index in [9.17, 15) is 42.5 Å². The normalized spacial score (nSPS) is 14.0. The van der Waals surface area contributed by atoms with E-state index in [0.29, 0.717) is 23.1 Å². The number of amides is 4. The van der Waals surface area contributed by atoms with Gasteiger partial charge in [0, 0.05) is 31.0 Å². The first-order valence-corrected chi connectivity index (χ1v) is 25.1. The van der Waals surface area contributed by atoms with Crippen molar-refractivity contribution in [1.29, 1.82) is 0 Å². The molecule has 5 atom stereocenters. The number of aliphatic imine (C=N–C) groups is 1. The van der Waals surface area contributed by atoms with Crippen LogP contribution in [0.2, 0.25) is 0 Å². The monoisotopic (exact) mass is 987 g/mol. The molecular weight excluding hydrogens is 927 g/mol. The number of aromatic nitrogens is 1. The number of nitrogens with one attached hydrogen (secondary N) is 5. The quantitative estimate of drug-likeness (QED) is 0.0145. The Morgan fingerprint density at radius 3 is 2.13 bits per heavy atom. The number of nitrogens with zero attached hydrogens (tertiary/aromatic N) is 3. The highest BCUT2D eigenvalue weighted by molar-refractivity contribution is 8.76. The van der Waals surface area contributed by atoms with Gasteiger partial charge in [-0.1, -0.05) is 79.1 Å². The zero-order valence-corrected chi connectivity index (χ0v) is 41.5. The average molecular weight is 988 g/mol. The van der Waals surface area contributed by atoms with Gasteiger partial charge in [0.1, 0.15) is 29.8 Å². The van der Waals surface area contributed by atoms with Crippen LogP contribution in [0.5, 0.6) is 0 Å². The smallest absolute Gasteiger partial charge is 0.408 e. The summed E-state index contributed by atoms with van der Waals surface area (Å²) < 4.78 is 38.9. The maximum Gasteiger partial charge on any atom is 0.408 e. The van der Waals surface area contributed by atoms with Gasteiger partial charge in [-0.3, -0.25) is 29.5 Å². The number of carbonyl (C=O) groups is 5. The van der Waals surface area contributed by atoms with Crippen molar-refractivity contribution in [2.75, 3.05) is 19.4 Å².